The van der Waals surface area contributed by atoms with E-state index in [2.05, 4.69) is 28.1 Å². The van der Waals surface area contributed by atoms with Gasteiger partial charge in [0.1, 0.15) is 6.61 Å². The van der Waals surface area contributed by atoms with Gasteiger partial charge < -0.3 is 10.0 Å². The molecule has 1 N–H and O–H groups in total. The number of aliphatic hydroxyl groups is 1. The first-order valence-corrected chi connectivity index (χ1v) is 7.81. The fourth-order valence-electron chi connectivity index (χ4n) is 1.47. The van der Waals surface area contributed by atoms with E-state index in [0.29, 0.717) is 0 Å². The molecule has 1 aromatic heterocycles. The maximum atomic E-state index is 8.70. The van der Waals surface area contributed by atoms with Crippen LogP contribution >= 0.6 is 23.1 Å². The van der Waals surface area contributed by atoms with Gasteiger partial charge in [0, 0.05) is 25.4 Å². The minimum Gasteiger partial charge on any atom is -0.384 e. The van der Waals surface area contributed by atoms with Crippen molar-refractivity contribution in [2.24, 2.45) is 0 Å². The second-order valence-corrected chi connectivity index (χ2v) is 6.37. The van der Waals surface area contributed by atoms with Crippen LogP contribution in [0.15, 0.2) is 28.6 Å². The first kappa shape index (κ1) is 14.9. The van der Waals surface area contributed by atoms with Crippen LogP contribution in [0, 0.1) is 11.8 Å². The molecule has 0 amide bonds. The maximum absolute atomic E-state index is 8.70. The summed E-state index contributed by atoms with van der Waals surface area (Å²) in [6.45, 7) is -0.114. The molecule has 0 spiro atoms. The van der Waals surface area contributed by atoms with Crippen LogP contribution in [0.4, 0.5) is 5.13 Å². The topological polar surface area (TPSA) is 49.2 Å². The van der Waals surface area contributed by atoms with Gasteiger partial charge in [0.2, 0.25) is 5.13 Å². The van der Waals surface area contributed by atoms with Gasteiger partial charge in [-0.2, -0.15) is 0 Å². The molecule has 1 aromatic carbocycles. The summed E-state index contributed by atoms with van der Waals surface area (Å²) >= 11 is 3.25. The molecule has 0 aliphatic rings. The number of benzene rings is 1. The molecule has 0 fully saturated rings. The molecular weight excluding hydrogens is 290 g/mol. The first-order valence-electron chi connectivity index (χ1n) is 6.01. The Hall–Kier alpha value is -1.55. The van der Waals surface area contributed by atoms with Crippen LogP contribution in [0.25, 0.3) is 0 Å². The highest BCUT2D eigenvalue weighted by Gasteiger charge is 2.06. The van der Waals surface area contributed by atoms with Crippen LogP contribution in [-0.4, -0.2) is 36.0 Å². The Morgan fingerprint density at radius 2 is 2.20 bits per heavy atom. The lowest BCUT2D eigenvalue weighted by Gasteiger charge is -2.03. The SMILES string of the molecule is CN(C)c1nnc(SCc2cccc(C#CCO)c2)s1. The molecule has 2 rings (SSSR count). The molecule has 0 unspecified atom stereocenters. The summed E-state index contributed by atoms with van der Waals surface area (Å²) in [5, 5.41) is 17.9. The number of thioether (sulfide) groups is 1. The second kappa shape index (κ2) is 7.29. The Morgan fingerprint density at radius 1 is 1.35 bits per heavy atom. The van der Waals surface area contributed by atoms with Gasteiger partial charge in [-0.05, 0) is 17.7 Å². The van der Waals surface area contributed by atoms with E-state index in [0.717, 1.165) is 20.8 Å². The van der Waals surface area contributed by atoms with Crippen LogP contribution < -0.4 is 4.90 Å². The standard InChI is InChI=1S/C14H15N3OS2/c1-17(2)13-15-16-14(20-13)19-10-12-6-3-5-11(9-12)7-4-8-18/h3,5-6,9,18H,8,10H2,1-2H3. The number of nitrogens with zero attached hydrogens (tertiary/aromatic N) is 3. The zero-order valence-corrected chi connectivity index (χ0v) is 13.0. The van der Waals surface area contributed by atoms with Crippen molar-refractivity contribution in [2.45, 2.75) is 10.1 Å². The van der Waals surface area contributed by atoms with E-state index in [-0.39, 0.29) is 6.61 Å². The summed E-state index contributed by atoms with van der Waals surface area (Å²) in [4.78, 5) is 1.95. The van der Waals surface area contributed by atoms with Crippen molar-refractivity contribution in [2.75, 3.05) is 25.6 Å². The van der Waals surface area contributed by atoms with Gasteiger partial charge in [0.05, 0.1) is 0 Å². The van der Waals surface area contributed by atoms with Crippen LogP contribution in [0.3, 0.4) is 0 Å². The number of aliphatic hydroxyl groups excluding tert-OH is 1. The molecule has 0 saturated carbocycles. The van der Waals surface area contributed by atoms with Crippen molar-refractivity contribution in [3.05, 3.63) is 35.4 Å². The molecule has 0 saturated heterocycles. The maximum Gasteiger partial charge on any atom is 0.208 e. The van der Waals surface area contributed by atoms with Crippen molar-refractivity contribution in [3.63, 3.8) is 0 Å². The minimum absolute atomic E-state index is 0.114. The molecule has 20 heavy (non-hydrogen) atoms. The van der Waals surface area contributed by atoms with Gasteiger partial charge in [0.15, 0.2) is 4.34 Å². The van der Waals surface area contributed by atoms with Gasteiger partial charge >= 0.3 is 0 Å². The molecule has 0 bridgehead atoms. The Bertz CT molecular complexity index is 629. The minimum atomic E-state index is -0.114. The highest BCUT2D eigenvalue weighted by atomic mass is 32.2. The summed E-state index contributed by atoms with van der Waals surface area (Å²) in [6, 6.07) is 8.00. The largest absolute Gasteiger partial charge is 0.384 e. The van der Waals surface area contributed by atoms with E-state index >= 15 is 0 Å². The molecule has 0 radical (unpaired) electrons. The lowest BCUT2D eigenvalue weighted by atomic mass is 10.1. The third-order valence-corrected chi connectivity index (χ3v) is 4.67. The molecular formula is C14H15N3OS2. The van der Waals surface area contributed by atoms with Gasteiger partial charge in [-0.15, -0.1) is 10.2 Å². The smallest absolute Gasteiger partial charge is 0.208 e. The Labute approximate surface area is 126 Å². The van der Waals surface area contributed by atoms with E-state index < -0.39 is 0 Å². The van der Waals surface area contributed by atoms with Crippen molar-refractivity contribution in [1.29, 1.82) is 0 Å². The third kappa shape index (κ3) is 4.23. The summed E-state index contributed by atoms with van der Waals surface area (Å²) in [7, 11) is 3.91. The van der Waals surface area contributed by atoms with Crippen molar-refractivity contribution < 1.29 is 5.11 Å². The second-order valence-electron chi connectivity index (χ2n) is 4.19. The number of anilines is 1. The Balaban J connectivity index is 1.99. The lowest BCUT2D eigenvalue weighted by molar-refractivity contribution is 0.350. The predicted molar refractivity (Wildman–Crippen MR) is 84.2 cm³/mol. The van der Waals surface area contributed by atoms with Crippen molar-refractivity contribution in [3.8, 4) is 11.8 Å². The monoisotopic (exact) mass is 305 g/mol. The molecule has 4 nitrogen and oxygen atoms in total. The highest BCUT2D eigenvalue weighted by molar-refractivity contribution is 8.00. The van der Waals surface area contributed by atoms with E-state index in [4.69, 9.17) is 5.11 Å². The number of hydrogen-bond donors (Lipinski definition) is 1. The zero-order valence-electron chi connectivity index (χ0n) is 11.3. The fourth-order valence-corrected chi connectivity index (χ4v) is 3.17. The number of aromatic nitrogens is 2. The average molecular weight is 305 g/mol. The lowest BCUT2D eigenvalue weighted by Crippen LogP contribution is -2.07. The van der Waals surface area contributed by atoms with Gasteiger partial charge in [-0.25, -0.2) is 0 Å². The predicted octanol–water partition coefficient (Wildman–Crippen LogP) is 2.24. The summed E-state index contributed by atoms with van der Waals surface area (Å²) < 4.78 is 0.959. The van der Waals surface area contributed by atoms with E-state index in [9.17, 15) is 0 Å². The van der Waals surface area contributed by atoms with Gasteiger partial charge in [-0.3, -0.25) is 0 Å². The number of hydrogen-bond acceptors (Lipinski definition) is 6. The normalized spacial score (nSPS) is 9.95. The summed E-state index contributed by atoms with van der Waals surface area (Å²) in [5.74, 6) is 6.40. The van der Waals surface area contributed by atoms with Crippen LogP contribution in [-0.2, 0) is 5.75 Å². The van der Waals surface area contributed by atoms with Crippen molar-refractivity contribution >= 4 is 28.2 Å². The number of rotatable bonds is 4. The highest BCUT2D eigenvalue weighted by Crippen LogP contribution is 2.29. The van der Waals surface area contributed by atoms with E-state index in [1.54, 1.807) is 23.1 Å². The third-order valence-electron chi connectivity index (χ3n) is 2.38. The van der Waals surface area contributed by atoms with E-state index in [1.807, 2.05) is 37.2 Å². The van der Waals surface area contributed by atoms with Crippen LogP contribution in [0.5, 0.6) is 0 Å². The molecule has 1 heterocycles. The van der Waals surface area contributed by atoms with Crippen LogP contribution in [0.1, 0.15) is 11.1 Å². The van der Waals surface area contributed by atoms with Crippen LogP contribution in [0.2, 0.25) is 0 Å². The summed E-state index contributed by atoms with van der Waals surface area (Å²) in [5.41, 5.74) is 2.10. The zero-order chi connectivity index (χ0) is 14.4. The average Bonchev–Trinajstić information content (AvgIpc) is 2.92. The molecule has 104 valence electrons. The Morgan fingerprint density at radius 3 is 2.90 bits per heavy atom. The molecule has 0 aliphatic heterocycles. The Kier molecular flexibility index (Phi) is 5.41. The fraction of sp³-hybridized carbons (Fsp3) is 0.286. The van der Waals surface area contributed by atoms with Gasteiger partial charge in [-0.1, -0.05) is 47.1 Å². The molecule has 0 aliphatic carbocycles. The van der Waals surface area contributed by atoms with Crippen molar-refractivity contribution in [1.82, 2.24) is 10.2 Å². The first-order chi connectivity index (χ1) is 9.69. The van der Waals surface area contributed by atoms with Gasteiger partial charge in [0.25, 0.3) is 0 Å². The molecule has 0 atom stereocenters. The quantitative estimate of drug-likeness (QED) is 0.693. The summed E-state index contributed by atoms with van der Waals surface area (Å²) in [6.07, 6.45) is 0. The molecule has 6 heteroatoms. The van der Waals surface area contributed by atoms with E-state index in [1.165, 1.54) is 5.56 Å². The molecule has 2 aromatic rings.